The van der Waals surface area contributed by atoms with Crippen molar-refractivity contribution in [1.82, 2.24) is 9.97 Å². The van der Waals surface area contributed by atoms with E-state index in [1.165, 1.54) is 6.21 Å². The normalized spacial score (nSPS) is 14.2. The molecule has 1 aromatic rings. The molecular weight excluding hydrogens is 270 g/mol. The van der Waals surface area contributed by atoms with Crippen molar-refractivity contribution in [2.24, 2.45) is 4.99 Å². The number of hydrogen-bond acceptors (Lipinski definition) is 8. The number of aliphatic hydroxyl groups is 3. The Morgan fingerprint density at radius 2 is 2.15 bits per heavy atom. The maximum atomic E-state index is 11.5. The second-order valence-electron chi connectivity index (χ2n) is 3.78. The zero-order chi connectivity index (χ0) is 15.1. The Kier molecular flexibility index (Phi) is 5.77. The number of rotatable bonds is 7. The Morgan fingerprint density at radius 1 is 1.45 bits per heavy atom. The van der Waals surface area contributed by atoms with Crippen molar-refractivity contribution < 1.29 is 20.1 Å². The third kappa shape index (κ3) is 4.12. The number of nitrogens with zero attached hydrogens (tertiary/aromatic N) is 2. The highest BCUT2D eigenvalue weighted by molar-refractivity contribution is 5.79. The largest absolute Gasteiger partial charge is 0.394 e. The van der Waals surface area contributed by atoms with Crippen LogP contribution in [0.15, 0.2) is 9.79 Å². The quantitative estimate of drug-likeness (QED) is 0.242. The molecule has 0 aromatic carbocycles. The van der Waals surface area contributed by atoms with E-state index in [0.717, 1.165) is 0 Å². The average Bonchev–Trinajstić information content (AvgIpc) is 2.41. The van der Waals surface area contributed by atoms with Crippen LogP contribution in [-0.2, 0) is 4.79 Å². The SMILES string of the molecule is Nc1nc(N=CC[C@@H](O)[C@H](O)CO)c(NC=O)c(=O)[nH]1. The molecule has 1 heterocycles. The predicted octanol–water partition coefficient (Wildman–Crippen LogP) is -2.27. The summed E-state index contributed by atoms with van der Waals surface area (Å²) in [6.45, 7) is -0.594. The molecule has 0 aliphatic heterocycles. The molecule has 0 unspecified atom stereocenters. The Bertz CT molecular complexity index is 543. The van der Waals surface area contributed by atoms with E-state index in [0.29, 0.717) is 0 Å². The number of nitrogens with two attached hydrogens (primary N) is 1. The van der Waals surface area contributed by atoms with Crippen molar-refractivity contribution in [3.63, 3.8) is 0 Å². The van der Waals surface area contributed by atoms with Crippen LogP contribution in [0.2, 0.25) is 0 Å². The number of nitrogens with one attached hydrogen (secondary N) is 2. The number of nitrogen functional groups attached to an aromatic ring is 1. The maximum absolute atomic E-state index is 11.5. The third-order valence-electron chi connectivity index (χ3n) is 2.31. The van der Waals surface area contributed by atoms with Crippen LogP contribution in [0.3, 0.4) is 0 Å². The Hall–Kier alpha value is -2.30. The summed E-state index contributed by atoms with van der Waals surface area (Å²) in [4.78, 5) is 31.6. The van der Waals surface area contributed by atoms with Crippen molar-refractivity contribution in [2.75, 3.05) is 17.7 Å². The highest BCUT2D eigenvalue weighted by Crippen LogP contribution is 2.17. The van der Waals surface area contributed by atoms with Crippen LogP contribution >= 0.6 is 0 Å². The van der Waals surface area contributed by atoms with Gasteiger partial charge in [-0.05, 0) is 0 Å². The van der Waals surface area contributed by atoms with Gasteiger partial charge >= 0.3 is 0 Å². The zero-order valence-corrected chi connectivity index (χ0v) is 10.4. The number of aromatic nitrogens is 2. The Balaban J connectivity index is 2.91. The number of aromatic amines is 1. The van der Waals surface area contributed by atoms with E-state index in [1.54, 1.807) is 0 Å². The number of aliphatic hydroxyl groups excluding tert-OH is 3. The first kappa shape index (κ1) is 15.8. The number of anilines is 2. The molecule has 0 saturated heterocycles. The fourth-order valence-corrected chi connectivity index (χ4v) is 1.29. The van der Waals surface area contributed by atoms with Gasteiger partial charge in [-0.1, -0.05) is 0 Å². The lowest BCUT2D eigenvalue weighted by atomic mass is 10.1. The summed E-state index contributed by atoms with van der Waals surface area (Å²) < 4.78 is 0. The summed E-state index contributed by atoms with van der Waals surface area (Å²) in [5.74, 6) is -0.321. The smallest absolute Gasteiger partial charge is 0.278 e. The van der Waals surface area contributed by atoms with Crippen molar-refractivity contribution in [3.8, 4) is 0 Å². The van der Waals surface area contributed by atoms with Crippen LogP contribution in [0.25, 0.3) is 0 Å². The van der Waals surface area contributed by atoms with Crippen molar-refractivity contribution >= 4 is 30.1 Å². The topological polar surface area (TPSA) is 174 Å². The lowest BCUT2D eigenvalue weighted by molar-refractivity contribution is -0.105. The van der Waals surface area contributed by atoms with E-state index in [1.807, 2.05) is 0 Å². The predicted molar refractivity (Wildman–Crippen MR) is 70.8 cm³/mol. The van der Waals surface area contributed by atoms with Gasteiger partial charge in [0.1, 0.15) is 6.10 Å². The standard InChI is InChI=1S/C10H15N5O5/c11-10-14-8(7(13-4-17)9(20)15-10)12-2-1-5(18)6(19)3-16/h2,4-6,16,18-19H,1,3H2,(H,13,17)(H3,11,14,15,20)/t5-,6-/m1/s1. The van der Waals surface area contributed by atoms with Gasteiger partial charge in [-0.25, -0.2) is 4.99 Å². The van der Waals surface area contributed by atoms with E-state index in [4.69, 9.17) is 15.9 Å². The molecule has 7 N–H and O–H groups in total. The molecule has 0 saturated carbocycles. The summed E-state index contributed by atoms with van der Waals surface area (Å²) in [7, 11) is 0. The average molecular weight is 285 g/mol. The molecule has 2 atom stereocenters. The maximum Gasteiger partial charge on any atom is 0.278 e. The van der Waals surface area contributed by atoms with Gasteiger partial charge in [0.2, 0.25) is 12.4 Å². The number of H-pyrrole nitrogens is 1. The molecule has 1 aromatic heterocycles. The fourth-order valence-electron chi connectivity index (χ4n) is 1.29. The van der Waals surface area contributed by atoms with Crippen LogP contribution in [-0.4, -0.2) is 56.7 Å². The first-order valence-corrected chi connectivity index (χ1v) is 5.59. The van der Waals surface area contributed by atoms with Gasteiger partial charge in [0.25, 0.3) is 5.56 Å². The Labute approximate surface area is 113 Å². The second-order valence-corrected chi connectivity index (χ2v) is 3.78. The highest BCUT2D eigenvalue weighted by Gasteiger charge is 2.14. The van der Waals surface area contributed by atoms with Gasteiger partial charge in [0.05, 0.1) is 12.7 Å². The molecule has 10 heteroatoms. The first-order valence-electron chi connectivity index (χ1n) is 5.59. The molecule has 0 spiro atoms. The molecule has 1 amide bonds. The van der Waals surface area contributed by atoms with Crippen LogP contribution in [0.4, 0.5) is 17.5 Å². The van der Waals surface area contributed by atoms with E-state index in [2.05, 4.69) is 20.3 Å². The highest BCUT2D eigenvalue weighted by atomic mass is 16.4. The van der Waals surface area contributed by atoms with Crippen molar-refractivity contribution in [2.45, 2.75) is 18.6 Å². The Morgan fingerprint density at radius 3 is 2.75 bits per heavy atom. The van der Waals surface area contributed by atoms with Gasteiger partial charge in [-0.2, -0.15) is 4.98 Å². The van der Waals surface area contributed by atoms with Crippen molar-refractivity contribution in [1.29, 1.82) is 0 Å². The lowest BCUT2D eigenvalue weighted by Gasteiger charge is -2.12. The minimum Gasteiger partial charge on any atom is -0.394 e. The number of aliphatic imine (C=N–C) groups is 1. The molecule has 0 radical (unpaired) electrons. The number of carbonyl (C=O) groups excluding carboxylic acids is 1. The van der Waals surface area contributed by atoms with Crippen molar-refractivity contribution in [3.05, 3.63) is 10.4 Å². The second kappa shape index (κ2) is 7.33. The van der Waals surface area contributed by atoms with Crippen LogP contribution in [0.1, 0.15) is 6.42 Å². The van der Waals surface area contributed by atoms with Gasteiger partial charge in [0, 0.05) is 12.6 Å². The molecule has 20 heavy (non-hydrogen) atoms. The van der Waals surface area contributed by atoms with Crippen LogP contribution < -0.4 is 16.6 Å². The molecule has 10 nitrogen and oxygen atoms in total. The molecule has 0 aliphatic rings. The van der Waals surface area contributed by atoms with E-state index < -0.39 is 24.4 Å². The lowest BCUT2D eigenvalue weighted by Crippen LogP contribution is -2.29. The summed E-state index contributed by atoms with van der Waals surface area (Å²) in [5.41, 5.74) is 4.48. The molecule has 1 rings (SSSR count). The fraction of sp³-hybridized carbons (Fsp3) is 0.400. The minimum atomic E-state index is -1.30. The van der Waals surface area contributed by atoms with Gasteiger partial charge < -0.3 is 26.4 Å². The van der Waals surface area contributed by atoms with Gasteiger partial charge in [-0.15, -0.1) is 0 Å². The first-order chi connectivity index (χ1) is 9.49. The monoisotopic (exact) mass is 285 g/mol. The third-order valence-corrected chi connectivity index (χ3v) is 2.31. The van der Waals surface area contributed by atoms with Gasteiger partial charge in [-0.3, -0.25) is 14.6 Å². The summed E-state index contributed by atoms with van der Waals surface area (Å²) in [5, 5.41) is 29.3. The molecule has 110 valence electrons. The number of amides is 1. The summed E-state index contributed by atoms with van der Waals surface area (Å²) in [6.07, 6.45) is -1.14. The van der Waals surface area contributed by atoms with E-state index in [-0.39, 0.29) is 30.3 Å². The zero-order valence-electron chi connectivity index (χ0n) is 10.4. The molecule has 0 fully saturated rings. The minimum absolute atomic E-state index is 0.0867. The van der Waals surface area contributed by atoms with E-state index >= 15 is 0 Å². The number of hydrogen-bond donors (Lipinski definition) is 6. The van der Waals surface area contributed by atoms with Crippen LogP contribution in [0, 0.1) is 0 Å². The summed E-state index contributed by atoms with van der Waals surface area (Å²) in [6, 6.07) is 0. The van der Waals surface area contributed by atoms with E-state index in [9.17, 15) is 14.7 Å². The summed E-state index contributed by atoms with van der Waals surface area (Å²) >= 11 is 0. The molecular formula is C10H15N5O5. The number of carbonyl (C=O) groups is 1. The van der Waals surface area contributed by atoms with Gasteiger partial charge in [0.15, 0.2) is 11.5 Å². The molecule has 0 bridgehead atoms. The van der Waals surface area contributed by atoms with Crippen LogP contribution in [0.5, 0.6) is 0 Å². The molecule has 0 aliphatic carbocycles.